The molecule has 22 heavy (non-hydrogen) atoms. The van der Waals surface area contributed by atoms with Crippen molar-refractivity contribution >= 4 is 5.78 Å². The Morgan fingerprint density at radius 2 is 2.09 bits per heavy atom. The molecular formula is C18H17NO3. The smallest absolute Gasteiger partial charge is 0.160 e. The number of benzene rings is 2. The molecule has 112 valence electrons. The van der Waals surface area contributed by atoms with Crippen molar-refractivity contribution in [2.45, 2.75) is 26.6 Å². The number of aliphatic hydroxyl groups excluding tert-OH is 1. The average Bonchev–Trinajstić information content (AvgIpc) is 2.52. The average molecular weight is 295 g/mol. The van der Waals surface area contributed by atoms with Gasteiger partial charge >= 0.3 is 0 Å². The number of rotatable bonds is 5. The van der Waals surface area contributed by atoms with Crippen LogP contribution in [0.25, 0.3) is 0 Å². The van der Waals surface area contributed by atoms with Crippen LogP contribution in [0.4, 0.5) is 0 Å². The maximum atomic E-state index is 11.5. The van der Waals surface area contributed by atoms with Gasteiger partial charge in [0.05, 0.1) is 17.7 Å². The lowest BCUT2D eigenvalue weighted by molar-refractivity contribution is 0.101. The van der Waals surface area contributed by atoms with E-state index in [0.29, 0.717) is 29.0 Å². The highest BCUT2D eigenvalue weighted by Gasteiger charge is 2.13. The second-order valence-corrected chi connectivity index (χ2v) is 5.08. The Bertz CT molecular complexity index is 729. The molecule has 0 saturated heterocycles. The van der Waals surface area contributed by atoms with E-state index in [1.54, 1.807) is 43.3 Å². The van der Waals surface area contributed by atoms with Crippen molar-refractivity contribution in [3.63, 3.8) is 0 Å². The molecule has 2 aromatic rings. The molecule has 0 bridgehead atoms. The van der Waals surface area contributed by atoms with Crippen molar-refractivity contribution in [2.24, 2.45) is 0 Å². The van der Waals surface area contributed by atoms with E-state index < -0.39 is 6.10 Å². The van der Waals surface area contributed by atoms with Crippen molar-refractivity contribution in [3.05, 3.63) is 64.7 Å². The molecule has 0 amide bonds. The lowest BCUT2D eigenvalue weighted by Crippen LogP contribution is -2.04. The molecule has 0 aliphatic rings. The van der Waals surface area contributed by atoms with Gasteiger partial charge in [0.1, 0.15) is 12.4 Å². The maximum Gasteiger partial charge on any atom is 0.160 e. The van der Waals surface area contributed by atoms with Gasteiger partial charge < -0.3 is 9.84 Å². The van der Waals surface area contributed by atoms with Gasteiger partial charge in [-0.1, -0.05) is 12.1 Å². The number of ether oxygens (including phenoxy) is 1. The van der Waals surface area contributed by atoms with E-state index in [4.69, 9.17) is 10.00 Å². The van der Waals surface area contributed by atoms with Crippen molar-refractivity contribution in [1.82, 2.24) is 0 Å². The molecule has 0 aliphatic heterocycles. The van der Waals surface area contributed by atoms with Crippen molar-refractivity contribution < 1.29 is 14.6 Å². The molecule has 0 fully saturated rings. The monoisotopic (exact) mass is 295 g/mol. The minimum absolute atomic E-state index is 0.0934. The third-order valence-electron chi connectivity index (χ3n) is 3.31. The summed E-state index contributed by atoms with van der Waals surface area (Å²) in [5.74, 6) is 0.479. The molecule has 4 nitrogen and oxygen atoms in total. The highest BCUT2D eigenvalue weighted by molar-refractivity contribution is 5.95. The number of nitriles is 1. The van der Waals surface area contributed by atoms with E-state index in [1.807, 2.05) is 6.07 Å². The minimum atomic E-state index is -0.746. The van der Waals surface area contributed by atoms with Crippen molar-refractivity contribution in [1.29, 1.82) is 5.26 Å². The zero-order valence-corrected chi connectivity index (χ0v) is 12.5. The van der Waals surface area contributed by atoms with Crippen molar-refractivity contribution in [2.75, 3.05) is 0 Å². The molecule has 4 heteroatoms. The van der Waals surface area contributed by atoms with E-state index in [-0.39, 0.29) is 5.78 Å². The first-order valence-corrected chi connectivity index (χ1v) is 6.96. The summed E-state index contributed by atoms with van der Waals surface area (Å²) in [6, 6.07) is 14.3. The third kappa shape index (κ3) is 3.72. The molecule has 0 heterocycles. The molecule has 1 N–H and O–H groups in total. The summed E-state index contributed by atoms with van der Waals surface area (Å²) in [6.07, 6.45) is -0.746. The molecule has 1 atom stereocenters. The lowest BCUT2D eigenvalue weighted by Gasteiger charge is -2.13. The van der Waals surface area contributed by atoms with Gasteiger partial charge in [-0.15, -0.1) is 0 Å². The van der Waals surface area contributed by atoms with Gasteiger partial charge in [0.2, 0.25) is 0 Å². The highest BCUT2D eigenvalue weighted by Crippen LogP contribution is 2.24. The normalized spacial score (nSPS) is 11.5. The van der Waals surface area contributed by atoms with Crippen LogP contribution in [-0.4, -0.2) is 10.9 Å². The Hall–Kier alpha value is -2.64. The van der Waals surface area contributed by atoms with Gasteiger partial charge in [-0.05, 0) is 55.3 Å². The molecule has 0 aliphatic carbocycles. The number of aliphatic hydroxyl groups is 1. The van der Waals surface area contributed by atoms with Crippen LogP contribution in [0.5, 0.6) is 5.75 Å². The molecule has 2 aromatic carbocycles. The van der Waals surface area contributed by atoms with Crippen LogP contribution in [0, 0.1) is 11.3 Å². The second kappa shape index (κ2) is 6.88. The Kier molecular flexibility index (Phi) is 4.92. The standard InChI is InChI=1S/C18H17NO3/c1-12(20)17-7-6-16(9-18(17)13(2)21)22-11-15-5-3-4-14(8-15)10-19/h3-9,13,21H,11H2,1-2H3. The van der Waals surface area contributed by atoms with E-state index in [1.165, 1.54) is 6.92 Å². The van der Waals surface area contributed by atoms with Crippen LogP contribution in [0.2, 0.25) is 0 Å². The fourth-order valence-corrected chi connectivity index (χ4v) is 2.19. The highest BCUT2D eigenvalue weighted by atomic mass is 16.5. The van der Waals surface area contributed by atoms with Crippen LogP contribution in [0.3, 0.4) is 0 Å². The predicted molar refractivity (Wildman–Crippen MR) is 82.6 cm³/mol. The summed E-state index contributed by atoms with van der Waals surface area (Å²) in [7, 11) is 0. The zero-order chi connectivity index (χ0) is 16.1. The van der Waals surface area contributed by atoms with Gasteiger partial charge in [0.15, 0.2) is 5.78 Å². The number of hydrogen-bond donors (Lipinski definition) is 1. The quantitative estimate of drug-likeness (QED) is 0.858. The zero-order valence-electron chi connectivity index (χ0n) is 12.5. The van der Waals surface area contributed by atoms with Crippen LogP contribution >= 0.6 is 0 Å². The van der Waals surface area contributed by atoms with E-state index >= 15 is 0 Å². The largest absolute Gasteiger partial charge is 0.489 e. The molecule has 0 radical (unpaired) electrons. The van der Waals surface area contributed by atoms with Gasteiger partial charge in [0, 0.05) is 5.56 Å². The number of carbonyl (C=O) groups excluding carboxylic acids is 1. The number of carbonyl (C=O) groups is 1. The number of Topliss-reactive ketones (excluding diaryl/α,β-unsaturated/α-hetero) is 1. The third-order valence-corrected chi connectivity index (χ3v) is 3.31. The number of hydrogen-bond acceptors (Lipinski definition) is 4. The maximum absolute atomic E-state index is 11.5. The van der Waals surface area contributed by atoms with Crippen LogP contribution in [0.15, 0.2) is 42.5 Å². The summed E-state index contributed by atoms with van der Waals surface area (Å²) < 4.78 is 5.69. The predicted octanol–water partition coefficient (Wildman–Crippen LogP) is 3.39. The molecule has 0 saturated carbocycles. The van der Waals surface area contributed by atoms with Gasteiger partial charge in [-0.3, -0.25) is 4.79 Å². The summed E-state index contributed by atoms with van der Waals surface area (Å²) in [5.41, 5.74) is 2.51. The van der Waals surface area contributed by atoms with Crippen LogP contribution < -0.4 is 4.74 Å². The van der Waals surface area contributed by atoms with Crippen molar-refractivity contribution in [3.8, 4) is 11.8 Å². The molecule has 0 aromatic heterocycles. The Labute approximate surface area is 129 Å². The summed E-state index contributed by atoms with van der Waals surface area (Å²) in [4.78, 5) is 11.5. The Morgan fingerprint density at radius 1 is 1.32 bits per heavy atom. The van der Waals surface area contributed by atoms with Gasteiger partial charge in [-0.25, -0.2) is 0 Å². The van der Waals surface area contributed by atoms with E-state index in [2.05, 4.69) is 6.07 Å². The van der Waals surface area contributed by atoms with Crippen LogP contribution in [-0.2, 0) is 6.61 Å². The fourth-order valence-electron chi connectivity index (χ4n) is 2.19. The summed E-state index contributed by atoms with van der Waals surface area (Å²) in [6.45, 7) is 3.39. The number of nitrogens with zero attached hydrogens (tertiary/aromatic N) is 1. The first-order valence-electron chi connectivity index (χ1n) is 6.96. The molecular weight excluding hydrogens is 278 g/mol. The number of ketones is 1. The molecule has 0 spiro atoms. The first kappa shape index (κ1) is 15.7. The molecule has 1 unspecified atom stereocenters. The van der Waals surface area contributed by atoms with Crippen LogP contribution in [0.1, 0.15) is 47.0 Å². The fraction of sp³-hybridized carbons (Fsp3) is 0.222. The lowest BCUT2D eigenvalue weighted by atomic mass is 10.0. The van der Waals surface area contributed by atoms with Gasteiger partial charge in [-0.2, -0.15) is 5.26 Å². The topological polar surface area (TPSA) is 70.3 Å². The SMILES string of the molecule is CC(=O)c1ccc(OCc2cccc(C#N)c2)cc1C(C)O. The summed E-state index contributed by atoms with van der Waals surface area (Å²) >= 11 is 0. The Balaban J connectivity index is 2.18. The first-order chi connectivity index (χ1) is 10.5. The van der Waals surface area contributed by atoms with Gasteiger partial charge in [0.25, 0.3) is 0 Å². The Morgan fingerprint density at radius 3 is 2.73 bits per heavy atom. The van der Waals surface area contributed by atoms with E-state index in [0.717, 1.165) is 5.56 Å². The van der Waals surface area contributed by atoms with E-state index in [9.17, 15) is 9.90 Å². The minimum Gasteiger partial charge on any atom is -0.489 e. The summed E-state index contributed by atoms with van der Waals surface area (Å²) in [5, 5.41) is 18.7. The molecule has 2 rings (SSSR count). The second-order valence-electron chi connectivity index (χ2n) is 5.08.